The van der Waals surface area contributed by atoms with Crippen LogP contribution in [0.15, 0.2) is 65.1 Å². The van der Waals surface area contributed by atoms with Crippen LogP contribution in [0.1, 0.15) is 23.3 Å². The second-order valence-corrected chi connectivity index (χ2v) is 6.26. The third-order valence-electron chi connectivity index (χ3n) is 4.24. The molecule has 0 aliphatic rings. The third kappa shape index (κ3) is 4.76. The maximum Gasteiger partial charge on any atom is 0.220 e. The Bertz CT molecular complexity index is 848. The molecule has 0 atom stereocenters. The van der Waals surface area contributed by atoms with E-state index in [0.29, 0.717) is 19.4 Å². The Morgan fingerprint density at radius 2 is 1.73 bits per heavy atom. The lowest BCUT2D eigenvalue weighted by Crippen LogP contribution is -2.22. The van der Waals surface area contributed by atoms with Gasteiger partial charge in [0.1, 0.15) is 17.3 Å². The zero-order valence-electron chi connectivity index (χ0n) is 15.1. The second kappa shape index (κ2) is 8.39. The molecular formula is C22H23NO3. The molecule has 26 heavy (non-hydrogen) atoms. The van der Waals surface area contributed by atoms with Crippen LogP contribution in [0, 0.1) is 6.92 Å². The fourth-order valence-electron chi connectivity index (χ4n) is 2.65. The van der Waals surface area contributed by atoms with Crippen LogP contribution in [-0.2, 0) is 17.8 Å². The Labute approximate surface area is 153 Å². The molecule has 3 rings (SSSR count). The molecule has 134 valence electrons. The SMILES string of the molecule is COc1ccc(-c2ccc(CCC(=O)NCc3ccc(C)cc3)o2)cc1. The van der Waals surface area contributed by atoms with Crippen LogP contribution in [0.25, 0.3) is 11.3 Å². The van der Waals surface area contributed by atoms with Crippen LogP contribution in [0.4, 0.5) is 0 Å². The van der Waals surface area contributed by atoms with Crippen molar-refractivity contribution in [3.05, 3.63) is 77.6 Å². The molecule has 1 amide bonds. The highest BCUT2D eigenvalue weighted by atomic mass is 16.5. The molecule has 0 saturated heterocycles. The van der Waals surface area contributed by atoms with Gasteiger partial charge in [0.25, 0.3) is 0 Å². The molecule has 4 heteroatoms. The van der Waals surface area contributed by atoms with Crippen molar-refractivity contribution in [3.63, 3.8) is 0 Å². The number of hydrogen-bond donors (Lipinski definition) is 1. The normalized spacial score (nSPS) is 10.5. The van der Waals surface area contributed by atoms with Gasteiger partial charge in [-0.1, -0.05) is 29.8 Å². The molecule has 0 aliphatic carbocycles. The highest BCUT2D eigenvalue weighted by Gasteiger charge is 2.08. The second-order valence-electron chi connectivity index (χ2n) is 6.26. The van der Waals surface area contributed by atoms with Crippen molar-refractivity contribution >= 4 is 5.91 Å². The smallest absolute Gasteiger partial charge is 0.220 e. The molecule has 0 unspecified atom stereocenters. The highest BCUT2D eigenvalue weighted by molar-refractivity contribution is 5.76. The first-order chi connectivity index (χ1) is 12.6. The van der Waals surface area contributed by atoms with E-state index in [4.69, 9.17) is 9.15 Å². The van der Waals surface area contributed by atoms with Crippen molar-refractivity contribution < 1.29 is 13.9 Å². The van der Waals surface area contributed by atoms with Gasteiger partial charge in [0.2, 0.25) is 5.91 Å². The maximum absolute atomic E-state index is 12.0. The maximum atomic E-state index is 12.0. The van der Waals surface area contributed by atoms with Gasteiger partial charge in [-0.15, -0.1) is 0 Å². The zero-order valence-corrected chi connectivity index (χ0v) is 15.1. The first kappa shape index (κ1) is 17.8. The molecule has 0 spiro atoms. The van der Waals surface area contributed by atoms with E-state index in [2.05, 4.69) is 5.32 Å². The number of amides is 1. The molecule has 1 aromatic heterocycles. The van der Waals surface area contributed by atoms with Crippen LogP contribution in [0.2, 0.25) is 0 Å². The van der Waals surface area contributed by atoms with Gasteiger partial charge in [0.15, 0.2) is 0 Å². The van der Waals surface area contributed by atoms with Crippen molar-refractivity contribution in [2.75, 3.05) is 7.11 Å². The van der Waals surface area contributed by atoms with Crippen molar-refractivity contribution in [2.45, 2.75) is 26.3 Å². The molecule has 3 aromatic rings. The van der Waals surface area contributed by atoms with Gasteiger partial charge in [-0.05, 0) is 48.9 Å². The average molecular weight is 349 g/mol. The number of aryl methyl sites for hydroxylation is 2. The molecule has 1 heterocycles. The van der Waals surface area contributed by atoms with E-state index in [1.807, 2.05) is 67.6 Å². The summed E-state index contributed by atoms with van der Waals surface area (Å²) in [6.45, 7) is 2.60. The summed E-state index contributed by atoms with van der Waals surface area (Å²) in [7, 11) is 1.64. The van der Waals surface area contributed by atoms with E-state index in [1.165, 1.54) is 5.56 Å². The van der Waals surface area contributed by atoms with Gasteiger partial charge < -0.3 is 14.5 Å². The zero-order chi connectivity index (χ0) is 18.4. The van der Waals surface area contributed by atoms with Gasteiger partial charge >= 0.3 is 0 Å². The van der Waals surface area contributed by atoms with Crippen LogP contribution in [0.3, 0.4) is 0 Å². The summed E-state index contributed by atoms with van der Waals surface area (Å²) >= 11 is 0. The van der Waals surface area contributed by atoms with Crippen LogP contribution >= 0.6 is 0 Å². The minimum Gasteiger partial charge on any atom is -0.497 e. The summed E-state index contributed by atoms with van der Waals surface area (Å²) in [6.07, 6.45) is 0.983. The fourth-order valence-corrected chi connectivity index (χ4v) is 2.65. The van der Waals surface area contributed by atoms with E-state index >= 15 is 0 Å². The quantitative estimate of drug-likeness (QED) is 0.683. The highest BCUT2D eigenvalue weighted by Crippen LogP contribution is 2.24. The van der Waals surface area contributed by atoms with Crippen molar-refractivity contribution in [3.8, 4) is 17.1 Å². The Kier molecular flexibility index (Phi) is 5.74. The number of methoxy groups -OCH3 is 1. The topological polar surface area (TPSA) is 51.5 Å². The number of nitrogens with one attached hydrogen (secondary N) is 1. The summed E-state index contributed by atoms with van der Waals surface area (Å²) in [6, 6.07) is 19.7. The molecule has 0 bridgehead atoms. The Morgan fingerprint density at radius 1 is 1.00 bits per heavy atom. The van der Waals surface area contributed by atoms with Gasteiger partial charge in [0, 0.05) is 24.9 Å². The van der Waals surface area contributed by atoms with Gasteiger partial charge in [-0.2, -0.15) is 0 Å². The van der Waals surface area contributed by atoms with Gasteiger partial charge in [-0.25, -0.2) is 0 Å². The van der Waals surface area contributed by atoms with E-state index in [-0.39, 0.29) is 5.91 Å². The van der Waals surface area contributed by atoms with Gasteiger partial charge in [-0.3, -0.25) is 4.79 Å². The average Bonchev–Trinajstić information content (AvgIpc) is 3.15. The van der Waals surface area contributed by atoms with Crippen LogP contribution in [0.5, 0.6) is 5.75 Å². The minimum absolute atomic E-state index is 0.0213. The first-order valence-electron chi connectivity index (χ1n) is 8.69. The Hall–Kier alpha value is -3.01. The molecule has 0 aliphatic heterocycles. The molecular weight excluding hydrogens is 326 g/mol. The van der Waals surface area contributed by atoms with Crippen LogP contribution in [-0.4, -0.2) is 13.0 Å². The van der Waals surface area contributed by atoms with E-state index < -0.39 is 0 Å². The predicted octanol–water partition coefficient (Wildman–Crippen LogP) is 4.51. The van der Waals surface area contributed by atoms with Crippen LogP contribution < -0.4 is 10.1 Å². The van der Waals surface area contributed by atoms with Crippen molar-refractivity contribution in [1.29, 1.82) is 0 Å². The number of benzene rings is 2. The summed E-state index contributed by atoms with van der Waals surface area (Å²) in [5, 5.41) is 2.95. The predicted molar refractivity (Wildman–Crippen MR) is 102 cm³/mol. The lowest BCUT2D eigenvalue weighted by atomic mass is 10.1. The number of rotatable bonds is 7. The standard InChI is InChI=1S/C22H23NO3/c1-16-3-5-17(6-4-16)15-23-22(24)14-12-20-11-13-21(26-20)18-7-9-19(25-2)10-8-18/h3-11,13H,12,14-15H2,1-2H3,(H,23,24). The molecule has 0 fully saturated rings. The Balaban J connectivity index is 1.49. The van der Waals surface area contributed by atoms with Gasteiger partial charge in [0.05, 0.1) is 7.11 Å². The lowest BCUT2D eigenvalue weighted by Gasteiger charge is -2.05. The first-order valence-corrected chi connectivity index (χ1v) is 8.69. The number of ether oxygens (including phenoxy) is 1. The molecule has 1 N–H and O–H groups in total. The molecule has 0 radical (unpaired) electrons. The summed E-state index contributed by atoms with van der Waals surface area (Å²) in [5.74, 6) is 2.43. The Morgan fingerprint density at radius 3 is 2.42 bits per heavy atom. The fraction of sp³-hybridized carbons (Fsp3) is 0.227. The number of carbonyl (C=O) groups excluding carboxylic acids is 1. The summed E-state index contributed by atoms with van der Waals surface area (Å²) in [5.41, 5.74) is 3.30. The number of carbonyl (C=O) groups is 1. The van der Waals surface area contributed by atoms with E-state index in [9.17, 15) is 4.79 Å². The number of furan rings is 1. The molecule has 2 aromatic carbocycles. The van der Waals surface area contributed by atoms with Crippen molar-refractivity contribution in [2.24, 2.45) is 0 Å². The van der Waals surface area contributed by atoms with Crippen molar-refractivity contribution in [1.82, 2.24) is 5.32 Å². The lowest BCUT2D eigenvalue weighted by molar-refractivity contribution is -0.121. The monoisotopic (exact) mass is 349 g/mol. The minimum atomic E-state index is 0.0213. The largest absolute Gasteiger partial charge is 0.497 e. The van der Waals surface area contributed by atoms with E-state index in [1.54, 1.807) is 7.11 Å². The number of hydrogen-bond acceptors (Lipinski definition) is 3. The summed E-state index contributed by atoms with van der Waals surface area (Å²) in [4.78, 5) is 12.0. The van der Waals surface area contributed by atoms with E-state index in [0.717, 1.165) is 28.4 Å². The third-order valence-corrected chi connectivity index (χ3v) is 4.24. The molecule has 0 saturated carbocycles. The molecule has 4 nitrogen and oxygen atoms in total. The summed E-state index contributed by atoms with van der Waals surface area (Å²) < 4.78 is 11.0.